The van der Waals surface area contributed by atoms with Gasteiger partial charge in [-0.05, 0) is 32.0 Å². The summed E-state index contributed by atoms with van der Waals surface area (Å²) in [5.41, 5.74) is 1.56. The lowest BCUT2D eigenvalue weighted by molar-refractivity contribution is -0.137. The van der Waals surface area contributed by atoms with Crippen molar-refractivity contribution in [2.24, 2.45) is 0 Å². The summed E-state index contributed by atoms with van der Waals surface area (Å²) in [6.07, 6.45) is -0.0725. The lowest BCUT2D eigenvalue weighted by Gasteiger charge is -2.18. The van der Waals surface area contributed by atoms with Crippen LogP contribution in [0.15, 0.2) is 30.3 Å². The minimum Gasteiger partial charge on any atom is -0.481 e. The number of aliphatic carboxylic acids is 1. The minimum absolute atomic E-state index is 0.0725. The molecule has 0 aliphatic heterocycles. The van der Waals surface area contributed by atoms with Gasteiger partial charge < -0.3 is 10.0 Å². The number of hydrogen-bond acceptors (Lipinski definition) is 4. The van der Waals surface area contributed by atoms with Crippen molar-refractivity contribution >= 4 is 45.0 Å². The number of halogens is 1. The highest BCUT2D eigenvalue weighted by Gasteiger charge is 2.21. The maximum atomic E-state index is 12.8. The monoisotopic (exact) mass is 391 g/mol. The molecule has 0 fully saturated rings. The molecule has 6 nitrogen and oxygen atoms in total. The third-order valence-electron chi connectivity index (χ3n) is 4.10. The van der Waals surface area contributed by atoms with E-state index in [2.05, 4.69) is 5.10 Å². The number of para-hydroxylation sites is 1. The Kier molecular flexibility index (Phi) is 5.29. The lowest BCUT2D eigenvalue weighted by Crippen LogP contribution is -2.32. The van der Waals surface area contributed by atoms with Crippen molar-refractivity contribution in [1.82, 2.24) is 14.7 Å². The zero-order valence-corrected chi connectivity index (χ0v) is 16.0. The number of thiophene rings is 1. The molecule has 3 aromatic rings. The van der Waals surface area contributed by atoms with Crippen LogP contribution in [-0.2, 0) is 4.79 Å². The summed E-state index contributed by atoms with van der Waals surface area (Å²) in [4.78, 5) is 26.5. The van der Waals surface area contributed by atoms with Gasteiger partial charge in [0.25, 0.3) is 5.91 Å². The number of carbonyl (C=O) groups is 2. The summed E-state index contributed by atoms with van der Waals surface area (Å²) in [6, 6.07) is 9.23. The molecule has 3 rings (SSSR count). The Morgan fingerprint density at radius 3 is 2.73 bits per heavy atom. The SMILES string of the molecule is CCN(CCC(=O)O)C(=O)c1cc2c(C)nn(-c3ccccc3Cl)c2s1. The van der Waals surface area contributed by atoms with Gasteiger partial charge in [0.15, 0.2) is 0 Å². The summed E-state index contributed by atoms with van der Waals surface area (Å²) in [5, 5.41) is 14.9. The summed E-state index contributed by atoms with van der Waals surface area (Å²) >= 11 is 7.63. The topological polar surface area (TPSA) is 75.4 Å². The molecule has 2 aromatic heterocycles. The second-order valence-corrected chi connectivity index (χ2v) is 7.24. The van der Waals surface area contributed by atoms with Crippen LogP contribution in [0.5, 0.6) is 0 Å². The van der Waals surface area contributed by atoms with E-state index >= 15 is 0 Å². The Hall–Kier alpha value is -2.38. The Morgan fingerprint density at radius 1 is 1.35 bits per heavy atom. The summed E-state index contributed by atoms with van der Waals surface area (Å²) in [6.45, 7) is 4.37. The molecule has 26 heavy (non-hydrogen) atoms. The molecule has 1 N–H and O–H groups in total. The first-order valence-electron chi connectivity index (χ1n) is 8.17. The molecule has 0 saturated heterocycles. The maximum absolute atomic E-state index is 12.8. The quantitative estimate of drug-likeness (QED) is 0.689. The molecule has 2 heterocycles. The second-order valence-electron chi connectivity index (χ2n) is 5.81. The van der Waals surface area contributed by atoms with Crippen LogP contribution < -0.4 is 0 Å². The highest BCUT2D eigenvalue weighted by atomic mass is 35.5. The Bertz CT molecular complexity index is 979. The highest BCUT2D eigenvalue weighted by molar-refractivity contribution is 7.20. The van der Waals surface area contributed by atoms with Crippen LogP contribution in [0, 0.1) is 6.92 Å². The van der Waals surface area contributed by atoms with Gasteiger partial charge in [-0.25, -0.2) is 4.68 Å². The Balaban J connectivity index is 1.99. The summed E-state index contributed by atoms with van der Waals surface area (Å²) in [5.74, 6) is -1.09. The van der Waals surface area contributed by atoms with E-state index in [0.717, 1.165) is 21.6 Å². The summed E-state index contributed by atoms with van der Waals surface area (Å²) in [7, 11) is 0. The van der Waals surface area contributed by atoms with E-state index in [0.29, 0.717) is 16.4 Å². The largest absolute Gasteiger partial charge is 0.481 e. The lowest BCUT2D eigenvalue weighted by atomic mass is 10.3. The summed E-state index contributed by atoms with van der Waals surface area (Å²) < 4.78 is 1.75. The normalized spacial score (nSPS) is 11.0. The molecular weight excluding hydrogens is 374 g/mol. The number of aryl methyl sites for hydroxylation is 1. The van der Waals surface area contributed by atoms with Gasteiger partial charge in [0.1, 0.15) is 4.83 Å². The second kappa shape index (κ2) is 7.47. The number of rotatable bonds is 6. The number of amides is 1. The van der Waals surface area contributed by atoms with Gasteiger partial charge in [-0.3, -0.25) is 9.59 Å². The van der Waals surface area contributed by atoms with Crippen molar-refractivity contribution in [3.8, 4) is 5.69 Å². The number of benzene rings is 1. The van der Waals surface area contributed by atoms with Crippen LogP contribution in [0.1, 0.15) is 28.7 Å². The Morgan fingerprint density at radius 2 is 2.08 bits per heavy atom. The van der Waals surface area contributed by atoms with Crippen molar-refractivity contribution in [1.29, 1.82) is 0 Å². The average molecular weight is 392 g/mol. The fraction of sp³-hybridized carbons (Fsp3) is 0.278. The number of aromatic nitrogens is 2. The van der Waals surface area contributed by atoms with E-state index in [-0.39, 0.29) is 18.9 Å². The van der Waals surface area contributed by atoms with Crippen molar-refractivity contribution in [2.75, 3.05) is 13.1 Å². The molecule has 0 radical (unpaired) electrons. The van der Waals surface area contributed by atoms with E-state index in [4.69, 9.17) is 16.7 Å². The molecule has 1 aromatic carbocycles. The molecule has 0 aliphatic carbocycles. The molecule has 0 aliphatic rings. The van der Waals surface area contributed by atoms with Crippen LogP contribution in [0.3, 0.4) is 0 Å². The van der Waals surface area contributed by atoms with Crippen molar-refractivity contribution < 1.29 is 14.7 Å². The van der Waals surface area contributed by atoms with E-state index in [1.165, 1.54) is 11.3 Å². The highest BCUT2D eigenvalue weighted by Crippen LogP contribution is 2.32. The number of hydrogen-bond donors (Lipinski definition) is 1. The van der Waals surface area contributed by atoms with Crippen molar-refractivity contribution in [3.05, 3.63) is 45.9 Å². The van der Waals surface area contributed by atoms with Gasteiger partial charge >= 0.3 is 5.97 Å². The number of fused-ring (bicyclic) bond motifs is 1. The fourth-order valence-corrected chi connectivity index (χ4v) is 4.09. The third-order valence-corrected chi connectivity index (χ3v) is 5.52. The molecule has 0 atom stereocenters. The van der Waals surface area contributed by atoms with Gasteiger partial charge in [-0.1, -0.05) is 23.7 Å². The van der Waals surface area contributed by atoms with Crippen LogP contribution in [0.2, 0.25) is 5.02 Å². The van der Waals surface area contributed by atoms with Gasteiger partial charge in [0.2, 0.25) is 0 Å². The van der Waals surface area contributed by atoms with E-state index in [1.807, 2.05) is 38.1 Å². The minimum atomic E-state index is -0.919. The van der Waals surface area contributed by atoms with Gasteiger partial charge in [0, 0.05) is 18.5 Å². The molecule has 0 unspecified atom stereocenters. The van der Waals surface area contributed by atoms with Gasteiger partial charge in [-0.15, -0.1) is 11.3 Å². The van der Waals surface area contributed by atoms with Crippen LogP contribution in [-0.4, -0.2) is 44.8 Å². The first kappa shape index (κ1) is 18.4. The number of carboxylic acid groups (broad SMARTS) is 1. The van der Waals surface area contributed by atoms with Crippen LogP contribution >= 0.6 is 22.9 Å². The van der Waals surface area contributed by atoms with Crippen LogP contribution in [0.4, 0.5) is 0 Å². The third kappa shape index (κ3) is 3.45. The molecule has 0 spiro atoms. The van der Waals surface area contributed by atoms with E-state index < -0.39 is 5.97 Å². The molecular formula is C18H18ClN3O3S. The molecule has 136 valence electrons. The zero-order valence-electron chi connectivity index (χ0n) is 14.4. The van der Waals surface area contributed by atoms with Crippen molar-refractivity contribution in [3.63, 3.8) is 0 Å². The van der Waals surface area contributed by atoms with Gasteiger partial charge in [0.05, 0.1) is 27.7 Å². The molecule has 0 bridgehead atoms. The van der Waals surface area contributed by atoms with Crippen LogP contribution in [0.25, 0.3) is 15.9 Å². The zero-order chi connectivity index (χ0) is 18.8. The number of carboxylic acids is 1. The number of nitrogens with zero attached hydrogens (tertiary/aromatic N) is 3. The molecule has 1 amide bonds. The Labute approximate surface area is 159 Å². The predicted octanol–water partition coefficient (Wildman–Crippen LogP) is 3.99. The molecule has 0 saturated carbocycles. The van der Waals surface area contributed by atoms with E-state index in [1.54, 1.807) is 15.6 Å². The predicted molar refractivity (Wildman–Crippen MR) is 103 cm³/mol. The average Bonchev–Trinajstić information content (AvgIpc) is 3.16. The van der Waals surface area contributed by atoms with E-state index in [9.17, 15) is 9.59 Å². The van der Waals surface area contributed by atoms with Crippen molar-refractivity contribution in [2.45, 2.75) is 20.3 Å². The number of carbonyl (C=O) groups excluding carboxylic acids is 1. The smallest absolute Gasteiger partial charge is 0.305 e. The van der Waals surface area contributed by atoms with Gasteiger partial charge in [-0.2, -0.15) is 5.10 Å². The fourth-order valence-electron chi connectivity index (χ4n) is 2.73. The first-order chi connectivity index (χ1) is 12.4. The standard InChI is InChI=1S/C18H18ClN3O3S/c1-3-21(9-8-16(23)24)17(25)15-10-12-11(2)20-22(18(12)26-15)14-7-5-4-6-13(14)19/h4-7,10H,3,8-9H2,1-2H3,(H,23,24). The maximum Gasteiger partial charge on any atom is 0.305 e. The molecule has 8 heteroatoms. The first-order valence-corrected chi connectivity index (χ1v) is 9.37.